The Morgan fingerprint density at radius 2 is 2.06 bits per heavy atom. The highest BCUT2D eigenvalue weighted by atomic mass is 35.5. The van der Waals surface area contributed by atoms with Crippen molar-refractivity contribution >= 4 is 11.6 Å². The molecule has 0 amide bonds. The lowest BCUT2D eigenvalue weighted by atomic mass is 9.97. The SMILES string of the molecule is CCOC(C)(C)C(O)Cc1c(Cl)c(C)nn1CC. The first kappa shape index (κ1) is 15.5. The number of ether oxygens (including phenoxy) is 1. The molecule has 1 N–H and O–H groups in total. The van der Waals surface area contributed by atoms with Crippen LogP contribution in [0.4, 0.5) is 0 Å². The summed E-state index contributed by atoms with van der Waals surface area (Å²) >= 11 is 6.23. The fourth-order valence-electron chi connectivity index (χ4n) is 1.96. The fourth-order valence-corrected chi connectivity index (χ4v) is 2.17. The van der Waals surface area contributed by atoms with E-state index in [-0.39, 0.29) is 0 Å². The lowest BCUT2D eigenvalue weighted by Gasteiger charge is -2.30. The van der Waals surface area contributed by atoms with Crippen LogP contribution in [0, 0.1) is 6.92 Å². The van der Waals surface area contributed by atoms with Crippen LogP contribution in [0.3, 0.4) is 0 Å². The summed E-state index contributed by atoms with van der Waals surface area (Å²) in [5, 5.41) is 15.3. The molecule has 1 aromatic rings. The first-order valence-corrected chi connectivity index (χ1v) is 6.75. The van der Waals surface area contributed by atoms with Crippen molar-refractivity contribution in [3.05, 3.63) is 16.4 Å². The minimum absolute atomic E-state index is 0.445. The van der Waals surface area contributed by atoms with Crippen LogP contribution in [0.15, 0.2) is 0 Å². The molecule has 0 spiro atoms. The maximum atomic E-state index is 10.3. The van der Waals surface area contributed by atoms with Gasteiger partial charge < -0.3 is 9.84 Å². The summed E-state index contributed by atoms with van der Waals surface area (Å²) in [6.45, 7) is 10.9. The molecule has 0 radical (unpaired) electrons. The predicted octanol–water partition coefficient (Wildman–Crippen LogP) is 2.58. The molecular weight excluding hydrogens is 252 g/mol. The molecule has 0 fully saturated rings. The molecule has 1 atom stereocenters. The van der Waals surface area contributed by atoms with Gasteiger partial charge in [-0.15, -0.1) is 0 Å². The molecule has 0 aromatic carbocycles. The van der Waals surface area contributed by atoms with Crippen LogP contribution >= 0.6 is 11.6 Å². The first-order valence-electron chi connectivity index (χ1n) is 6.37. The monoisotopic (exact) mass is 274 g/mol. The third-order valence-corrected chi connectivity index (χ3v) is 3.65. The Hall–Kier alpha value is -0.580. The van der Waals surface area contributed by atoms with Gasteiger partial charge in [0.2, 0.25) is 0 Å². The van der Waals surface area contributed by atoms with Crippen LogP contribution < -0.4 is 0 Å². The Morgan fingerprint density at radius 3 is 2.56 bits per heavy atom. The van der Waals surface area contributed by atoms with Gasteiger partial charge >= 0.3 is 0 Å². The van der Waals surface area contributed by atoms with Crippen molar-refractivity contribution in [2.75, 3.05) is 6.61 Å². The van der Waals surface area contributed by atoms with Crippen molar-refractivity contribution in [3.8, 4) is 0 Å². The number of aliphatic hydroxyl groups is 1. The summed E-state index contributed by atoms with van der Waals surface area (Å²) in [4.78, 5) is 0. The molecule has 0 saturated heterocycles. The number of nitrogens with zero attached hydrogens (tertiary/aromatic N) is 2. The number of aliphatic hydroxyl groups excluding tert-OH is 1. The Kier molecular flexibility index (Phi) is 5.20. The van der Waals surface area contributed by atoms with Gasteiger partial charge in [-0.1, -0.05) is 11.6 Å². The zero-order chi connectivity index (χ0) is 13.9. The van der Waals surface area contributed by atoms with Crippen molar-refractivity contribution in [2.24, 2.45) is 0 Å². The molecule has 0 aliphatic carbocycles. The van der Waals surface area contributed by atoms with E-state index in [0.717, 1.165) is 17.9 Å². The Labute approximate surface area is 114 Å². The molecule has 0 bridgehead atoms. The fraction of sp³-hybridized carbons (Fsp3) is 0.769. The number of hydrogen-bond acceptors (Lipinski definition) is 3. The van der Waals surface area contributed by atoms with Crippen LogP contribution in [0.1, 0.15) is 39.1 Å². The Balaban J connectivity index is 2.90. The van der Waals surface area contributed by atoms with Crippen LogP contribution in [0.2, 0.25) is 5.02 Å². The highest BCUT2D eigenvalue weighted by molar-refractivity contribution is 6.31. The minimum Gasteiger partial charge on any atom is -0.390 e. The highest BCUT2D eigenvalue weighted by Crippen LogP contribution is 2.25. The molecule has 5 heteroatoms. The van der Waals surface area contributed by atoms with E-state index < -0.39 is 11.7 Å². The maximum absolute atomic E-state index is 10.3. The summed E-state index contributed by atoms with van der Waals surface area (Å²) in [5.74, 6) is 0. The van der Waals surface area contributed by atoms with Crippen LogP contribution in [-0.4, -0.2) is 33.2 Å². The number of hydrogen-bond donors (Lipinski definition) is 1. The van der Waals surface area contributed by atoms with E-state index in [2.05, 4.69) is 5.10 Å². The average Bonchev–Trinajstić information content (AvgIpc) is 2.56. The molecule has 104 valence electrons. The summed E-state index contributed by atoms with van der Waals surface area (Å²) in [6.07, 6.45) is -0.170. The molecule has 0 saturated carbocycles. The summed E-state index contributed by atoms with van der Waals surface area (Å²) in [6, 6.07) is 0. The van der Waals surface area contributed by atoms with Crippen LogP contribution in [-0.2, 0) is 17.7 Å². The van der Waals surface area contributed by atoms with Gasteiger partial charge in [-0.05, 0) is 34.6 Å². The summed E-state index contributed by atoms with van der Waals surface area (Å²) in [7, 11) is 0. The first-order chi connectivity index (χ1) is 8.33. The Morgan fingerprint density at radius 1 is 1.44 bits per heavy atom. The molecule has 4 nitrogen and oxygen atoms in total. The number of halogens is 1. The summed E-state index contributed by atoms with van der Waals surface area (Å²) in [5.41, 5.74) is 1.08. The normalized spacial score (nSPS) is 13.9. The van der Waals surface area contributed by atoms with E-state index in [9.17, 15) is 5.11 Å². The molecule has 1 rings (SSSR count). The van der Waals surface area contributed by atoms with E-state index in [0.29, 0.717) is 18.1 Å². The molecule has 18 heavy (non-hydrogen) atoms. The van der Waals surface area contributed by atoms with Crippen molar-refractivity contribution in [2.45, 2.75) is 59.3 Å². The maximum Gasteiger partial charge on any atom is 0.0887 e. The predicted molar refractivity (Wildman–Crippen MR) is 73.1 cm³/mol. The third-order valence-electron chi connectivity index (χ3n) is 3.16. The lowest BCUT2D eigenvalue weighted by Crippen LogP contribution is -2.41. The largest absolute Gasteiger partial charge is 0.390 e. The van der Waals surface area contributed by atoms with Crippen LogP contribution in [0.25, 0.3) is 0 Å². The van der Waals surface area contributed by atoms with Gasteiger partial charge in [-0.25, -0.2) is 0 Å². The van der Waals surface area contributed by atoms with E-state index in [1.54, 1.807) is 0 Å². The lowest BCUT2D eigenvalue weighted by molar-refractivity contribution is -0.0960. The van der Waals surface area contributed by atoms with Gasteiger partial charge in [-0.2, -0.15) is 5.10 Å². The van der Waals surface area contributed by atoms with Crippen molar-refractivity contribution in [1.82, 2.24) is 9.78 Å². The van der Waals surface area contributed by atoms with Crippen LogP contribution in [0.5, 0.6) is 0 Å². The second kappa shape index (κ2) is 6.04. The quantitative estimate of drug-likeness (QED) is 0.867. The molecule has 0 aliphatic rings. The van der Waals surface area contributed by atoms with E-state index in [1.807, 2.05) is 39.3 Å². The van der Waals surface area contributed by atoms with Crippen molar-refractivity contribution < 1.29 is 9.84 Å². The Bertz CT molecular complexity index is 402. The average molecular weight is 275 g/mol. The second-order valence-electron chi connectivity index (χ2n) is 4.92. The highest BCUT2D eigenvalue weighted by Gasteiger charge is 2.30. The van der Waals surface area contributed by atoms with Gasteiger partial charge in [0.05, 0.1) is 28.1 Å². The van der Waals surface area contributed by atoms with Crippen molar-refractivity contribution in [1.29, 1.82) is 0 Å². The van der Waals surface area contributed by atoms with Gasteiger partial charge in [0, 0.05) is 19.6 Å². The van der Waals surface area contributed by atoms with Gasteiger partial charge in [0.15, 0.2) is 0 Å². The van der Waals surface area contributed by atoms with Gasteiger partial charge in [-0.3, -0.25) is 4.68 Å². The van der Waals surface area contributed by atoms with E-state index in [1.165, 1.54) is 0 Å². The molecule has 0 aliphatic heterocycles. The second-order valence-corrected chi connectivity index (χ2v) is 5.30. The standard InChI is InChI=1S/C13H23ClN2O2/c1-6-16-10(12(14)9(3)15-16)8-11(17)13(4,5)18-7-2/h11,17H,6-8H2,1-5H3. The smallest absolute Gasteiger partial charge is 0.0887 e. The zero-order valence-electron chi connectivity index (χ0n) is 11.8. The zero-order valence-corrected chi connectivity index (χ0v) is 12.6. The van der Waals surface area contributed by atoms with Crippen molar-refractivity contribution in [3.63, 3.8) is 0 Å². The summed E-state index contributed by atoms with van der Waals surface area (Å²) < 4.78 is 7.40. The number of rotatable bonds is 6. The molecule has 1 aromatic heterocycles. The van der Waals surface area contributed by atoms with E-state index >= 15 is 0 Å². The molecular formula is C13H23ClN2O2. The minimum atomic E-state index is -0.614. The number of aryl methyl sites for hydroxylation is 2. The molecule has 1 unspecified atom stereocenters. The van der Waals surface area contributed by atoms with Gasteiger partial charge in [0.25, 0.3) is 0 Å². The number of aromatic nitrogens is 2. The van der Waals surface area contributed by atoms with Gasteiger partial charge in [0.1, 0.15) is 0 Å². The topological polar surface area (TPSA) is 47.3 Å². The third kappa shape index (κ3) is 3.25. The van der Waals surface area contributed by atoms with E-state index in [4.69, 9.17) is 16.3 Å². The molecule has 1 heterocycles.